The largest absolute Gasteiger partial charge is 0.432 e. The van der Waals surface area contributed by atoms with E-state index >= 15 is 0 Å². The average Bonchev–Trinajstić information content (AvgIpc) is 3.07. The minimum atomic E-state index is -1.75. The van der Waals surface area contributed by atoms with Gasteiger partial charge in [0, 0.05) is 11.1 Å². The summed E-state index contributed by atoms with van der Waals surface area (Å²) >= 11 is 0. The van der Waals surface area contributed by atoms with Crippen molar-refractivity contribution in [2.75, 3.05) is 0 Å². The van der Waals surface area contributed by atoms with Crippen LogP contribution in [0, 0.1) is 33.5 Å². The van der Waals surface area contributed by atoms with Crippen molar-refractivity contribution in [3.63, 3.8) is 0 Å². The molecule has 1 amide bonds. The van der Waals surface area contributed by atoms with Crippen LogP contribution in [0.15, 0.2) is 5.10 Å². The molecule has 0 aromatic carbocycles. The first-order valence-corrected chi connectivity index (χ1v) is 13.5. The molecule has 2 bridgehead atoms. The maximum atomic E-state index is 13.8. The molecule has 0 aromatic heterocycles. The number of rotatable bonds is 3. The SMILES string of the molecule is C[C@@]12CC[C@@H]3[C@@](CC[C@H]4[C@@]3(C)CCC[C@@]4(C)C(=O)O[C@@H]3O[C@H](C(=O)NN)[C@@H](O)[C@H](O)[C@H]3O)(C/C1=N\N)C2. The Labute approximate surface area is 217 Å². The van der Waals surface area contributed by atoms with Gasteiger partial charge in [0.15, 0.2) is 6.10 Å². The molecule has 208 valence electrons. The van der Waals surface area contributed by atoms with Crippen LogP contribution in [0.25, 0.3) is 0 Å². The zero-order chi connectivity index (χ0) is 27.0. The Balaban J connectivity index is 1.39. The standard InChI is InChI=1S/C26H42N4O7/c1-23-9-5-14-24(2)7-4-8-25(3,13(24)6-10-26(14,12-23)11-15(23)29-27)22(35)37-21-18(33)16(31)17(32)19(36-21)20(34)30-28/h13-14,16-19,21,31-33H,4-12,27-28H2,1-3H3,(H,30,34)/b29-15+/t13-,14-,16-,17-,18+,19-,21-,23-,24+,25+,26-/m0/s1. The Morgan fingerprint density at radius 3 is 2.41 bits per heavy atom. The van der Waals surface area contributed by atoms with Gasteiger partial charge in [-0.1, -0.05) is 20.3 Å². The van der Waals surface area contributed by atoms with Crippen LogP contribution in [0.5, 0.6) is 0 Å². The lowest BCUT2D eigenvalue weighted by Gasteiger charge is -2.64. The number of amides is 1. The van der Waals surface area contributed by atoms with Gasteiger partial charge in [0.25, 0.3) is 5.91 Å². The number of hydrazone groups is 1. The fourth-order valence-electron chi connectivity index (χ4n) is 9.46. The quantitative estimate of drug-likeness (QED) is 0.132. The van der Waals surface area contributed by atoms with Gasteiger partial charge in [0.2, 0.25) is 6.29 Å². The highest BCUT2D eigenvalue weighted by Gasteiger charge is 2.68. The smallest absolute Gasteiger partial charge is 0.314 e. The number of nitrogens with zero attached hydrogens (tertiary/aromatic N) is 1. The van der Waals surface area contributed by atoms with E-state index < -0.39 is 48.0 Å². The monoisotopic (exact) mass is 522 g/mol. The van der Waals surface area contributed by atoms with Crippen molar-refractivity contribution < 1.29 is 34.4 Å². The Hall–Kier alpha value is -1.79. The number of nitrogens with two attached hydrogens (primary N) is 2. The number of fused-ring (bicyclic) bond motifs is 3. The molecular formula is C26H42N4O7. The maximum absolute atomic E-state index is 13.8. The molecule has 11 heteroatoms. The molecule has 0 radical (unpaired) electrons. The number of hydrogen-bond donors (Lipinski definition) is 6. The molecule has 37 heavy (non-hydrogen) atoms. The third-order valence-corrected chi connectivity index (χ3v) is 11.2. The lowest BCUT2D eigenvalue weighted by atomic mass is 9.40. The van der Waals surface area contributed by atoms with Gasteiger partial charge in [-0.15, -0.1) is 0 Å². The minimum absolute atomic E-state index is 0.0670. The Morgan fingerprint density at radius 1 is 1.03 bits per heavy atom. The summed E-state index contributed by atoms with van der Waals surface area (Å²) in [6.45, 7) is 6.57. The predicted molar refractivity (Wildman–Crippen MR) is 132 cm³/mol. The summed E-state index contributed by atoms with van der Waals surface area (Å²) < 4.78 is 11.1. The summed E-state index contributed by atoms with van der Waals surface area (Å²) in [5.41, 5.74) is 2.33. The number of ether oxygens (including phenoxy) is 2. The number of aliphatic hydroxyl groups is 3. The number of esters is 1. The zero-order valence-electron chi connectivity index (χ0n) is 22.0. The van der Waals surface area contributed by atoms with Gasteiger partial charge in [-0.2, -0.15) is 5.10 Å². The fraction of sp³-hybridized carbons (Fsp3) is 0.885. The summed E-state index contributed by atoms with van der Waals surface area (Å²) in [6, 6.07) is 0. The highest BCUT2D eigenvalue weighted by molar-refractivity contribution is 5.93. The van der Waals surface area contributed by atoms with Crippen LogP contribution in [0.3, 0.4) is 0 Å². The summed E-state index contributed by atoms with van der Waals surface area (Å²) in [6.07, 6.45) is 0.200. The van der Waals surface area contributed by atoms with E-state index in [1.807, 2.05) is 12.3 Å². The lowest BCUT2D eigenvalue weighted by molar-refractivity contribution is -0.289. The Bertz CT molecular complexity index is 994. The van der Waals surface area contributed by atoms with Crippen molar-refractivity contribution in [2.24, 2.45) is 50.3 Å². The molecule has 11 atom stereocenters. The maximum Gasteiger partial charge on any atom is 0.314 e. The zero-order valence-corrected chi connectivity index (χ0v) is 22.0. The van der Waals surface area contributed by atoms with E-state index in [9.17, 15) is 24.9 Å². The molecule has 0 aromatic rings. The van der Waals surface area contributed by atoms with Gasteiger partial charge < -0.3 is 30.6 Å². The third-order valence-electron chi connectivity index (χ3n) is 11.2. The molecule has 4 aliphatic carbocycles. The summed E-state index contributed by atoms with van der Waals surface area (Å²) in [5, 5.41) is 35.1. The van der Waals surface area contributed by atoms with Crippen molar-refractivity contribution in [3.8, 4) is 0 Å². The lowest BCUT2D eigenvalue weighted by Crippen LogP contribution is -2.64. The molecule has 5 fully saturated rings. The van der Waals surface area contributed by atoms with Crippen molar-refractivity contribution in [1.29, 1.82) is 0 Å². The molecular weight excluding hydrogens is 480 g/mol. The number of hydrazine groups is 1. The second kappa shape index (κ2) is 8.87. The molecule has 1 aliphatic heterocycles. The van der Waals surface area contributed by atoms with Crippen LogP contribution in [-0.2, 0) is 19.1 Å². The van der Waals surface area contributed by atoms with Crippen molar-refractivity contribution in [2.45, 2.75) is 109 Å². The predicted octanol–water partition coefficient (Wildman–Crippen LogP) is 0.445. The topological polar surface area (TPSA) is 190 Å². The van der Waals surface area contributed by atoms with Crippen LogP contribution in [0.4, 0.5) is 0 Å². The first-order chi connectivity index (χ1) is 17.3. The molecule has 1 spiro atoms. The molecule has 11 nitrogen and oxygen atoms in total. The molecule has 1 heterocycles. The number of carbonyl (C=O) groups is 2. The van der Waals surface area contributed by atoms with Gasteiger partial charge in [-0.3, -0.25) is 15.0 Å². The van der Waals surface area contributed by atoms with Gasteiger partial charge in [-0.05, 0) is 81.0 Å². The second-order valence-corrected chi connectivity index (χ2v) is 13.1. The fourth-order valence-corrected chi connectivity index (χ4v) is 9.46. The van der Waals surface area contributed by atoms with Gasteiger partial charge >= 0.3 is 5.97 Å². The summed E-state index contributed by atoms with van der Waals surface area (Å²) in [4.78, 5) is 25.9. The van der Waals surface area contributed by atoms with Crippen molar-refractivity contribution >= 4 is 17.6 Å². The van der Waals surface area contributed by atoms with Crippen LogP contribution in [-0.4, -0.2) is 63.6 Å². The van der Waals surface area contributed by atoms with Crippen molar-refractivity contribution in [1.82, 2.24) is 5.43 Å². The van der Waals surface area contributed by atoms with Gasteiger partial charge in [-0.25, -0.2) is 5.84 Å². The van der Waals surface area contributed by atoms with Crippen molar-refractivity contribution in [3.05, 3.63) is 0 Å². The van der Waals surface area contributed by atoms with E-state index in [4.69, 9.17) is 21.2 Å². The highest BCUT2D eigenvalue weighted by atomic mass is 16.7. The summed E-state index contributed by atoms with van der Waals surface area (Å²) in [5.74, 6) is 10.1. The first kappa shape index (κ1) is 26.8. The molecule has 5 aliphatic rings. The first-order valence-electron chi connectivity index (χ1n) is 13.5. The van der Waals surface area contributed by atoms with Gasteiger partial charge in [0.1, 0.15) is 18.3 Å². The second-order valence-electron chi connectivity index (χ2n) is 13.1. The minimum Gasteiger partial charge on any atom is -0.432 e. The Morgan fingerprint density at radius 2 is 1.73 bits per heavy atom. The highest BCUT2D eigenvalue weighted by Crippen LogP contribution is 2.73. The number of nitrogens with one attached hydrogen (secondary N) is 1. The molecule has 5 rings (SSSR count). The van der Waals surface area contributed by atoms with Crippen LogP contribution in [0.1, 0.15) is 78.6 Å². The van der Waals surface area contributed by atoms with Crippen LogP contribution >= 0.6 is 0 Å². The van der Waals surface area contributed by atoms with E-state index in [0.29, 0.717) is 12.3 Å². The third kappa shape index (κ3) is 3.76. The number of carbonyl (C=O) groups excluding carboxylic acids is 2. The average molecular weight is 523 g/mol. The normalized spacial score (nSPS) is 52.2. The van der Waals surface area contributed by atoms with E-state index in [-0.39, 0.29) is 22.2 Å². The van der Waals surface area contributed by atoms with Crippen LogP contribution in [0.2, 0.25) is 0 Å². The molecule has 0 unspecified atom stereocenters. The molecule has 8 N–H and O–H groups in total. The number of aliphatic hydroxyl groups excluding tert-OH is 3. The van der Waals surface area contributed by atoms with E-state index in [0.717, 1.165) is 57.1 Å². The molecule has 4 saturated carbocycles. The Kier molecular flexibility index (Phi) is 6.43. The summed E-state index contributed by atoms with van der Waals surface area (Å²) in [7, 11) is 0. The number of hydrogen-bond acceptors (Lipinski definition) is 10. The molecule has 1 saturated heterocycles. The van der Waals surface area contributed by atoms with E-state index in [1.54, 1.807) is 0 Å². The van der Waals surface area contributed by atoms with E-state index in [2.05, 4.69) is 18.9 Å². The van der Waals surface area contributed by atoms with E-state index in [1.165, 1.54) is 0 Å². The van der Waals surface area contributed by atoms with Crippen LogP contribution < -0.4 is 17.1 Å². The van der Waals surface area contributed by atoms with Gasteiger partial charge in [0.05, 0.1) is 5.41 Å².